The third-order valence-electron chi connectivity index (χ3n) is 3.77. The standard InChI is InChI=1S/C18H14BrN5O2S2/c1-26-14-5-3-12(4-6-14)21-17-22-23-18(28-17)27-10-13-8-16(25)24-9-11(19)2-7-15(24)20-13/h2-9H,10H2,1H3,(H,21,22). The second-order valence-corrected chi connectivity index (χ2v) is 8.79. The molecular weight excluding hydrogens is 462 g/mol. The highest BCUT2D eigenvalue weighted by atomic mass is 79.9. The summed E-state index contributed by atoms with van der Waals surface area (Å²) in [5.41, 5.74) is 2.12. The van der Waals surface area contributed by atoms with E-state index in [1.807, 2.05) is 36.4 Å². The number of benzene rings is 1. The molecule has 0 amide bonds. The zero-order valence-corrected chi connectivity index (χ0v) is 17.8. The Bertz CT molecular complexity index is 1180. The van der Waals surface area contributed by atoms with Crippen LogP contribution in [-0.2, 0) is 5.75 Å². The van der Waals surface area contributed by atoms with E-state index < -0.39 is 0 Å². The highest BCUT2D eigenvalue weighted by Crippen LogP contribution is 2.29. The third-order valence-corrected chi connectivity index (χ3v) is 6.24. The van der Waals surface area contributed by atoms with Gasteiger partial charge in [0.15, 0.2) is 4.34 Å². The number of hydrogen-bond donors (Lipinski definition) is 1. The van der Waals surface area contributed by atoms with Gasteiger partial charge in [-0.3, -0.25) is 9.20 Å². The Hall–Kier alpha value is -2.43. The summed E-state index contributed by atoms with van der Waals surface area (Å²) in [6, 6.07) is 12.8. The molecule has 10 heteroatoms. The zero-order valence-electron chi connectivity index (χ0n) is 14.6. The number of methoxy groups -OCH3 is 1. The molecule has 0 saturated heterocycles. The molecule has 142 valence electrons. The Morgan fingerprint density at radius 3 is 2.82 bits per heavy atom. The van der Waals surface area contributed by atoms with Crippen LogP contribution in [0.2, 0.25) is 0 Å². The van der Waals surface area contributed by atoms with Gasteiger partial charge in [0.05, 0.1) is 12.8 Å². The quantitative estimate of drug-likeness (QED) is 0.415. The van der Waals surface area contributed by atoms with Crippen LogP contribution in [0, 0.1) is 0 Å². The number of aromatic nitrogens is 4. The van der Waals surface area contributed by atoms with Crippen LogP contribution >= 0.6 is 39.0 Å². The lowest BCUT2D eigenvalue weighted by Gasteiger charge is -2.04. The Labute approximate surface area is 176 Å². The van der Waals surface area contributed by atoms with Gasteiger partial charge >= 0.3 is 0 Å². The highest BCUT2D eigenvalue weighted by Gasteiger charge is 2.08. The van der Waals surface area contributed by atoms with Crippen LogP contribution in [0.3, 0.4) is 0 Å². The van der Waals surface area contributed by atoms with Gasteiger partial charge in [-0.25, -0.2) is 4.98 Å². The fraction of sp³-hybridized carbons (Fsp3) is 0.111. The lowest BCUT2D eigenvalue weighted by molar-refractivity contribution is 0.415. The van der Waals surface area contributed by atoms with Gasteiger partial charge in [0, 0.05) is 28.2 Å². The number of nitrogens with one attached hydrogen (secondary N) is 1. The Morgan fingerprint density at radius 1 is 1.21 bits per heavy atom. The predicted octanol–water partition coefficient (Wildman–Crippen LogP) is 4.35. The van der Waals surface area contributed by atoms with E-state index in [2.05, 4.69) is 36.4 Å². The second-order valence-electron chi connectivity index (χ2n) is 5.68. The first kappa shape index (κ1) is 18.9. The van der Waals surface area contributed by atoms with Crippen LogP contribution in [0.4, 0.5) is 10.8 Å². The van der Waals surface area contributed by atoms with E-state index >= 15 is 0 Å². The molecule has 4 aromatic rings. The Morgan fingerprint density at radius 2 is 2.04 bits per heavy atom. The summed E-state index contributed by atoms with van der Waals surface area (Å²) in [5, 5.41) is 12.3. The van der Waals surface area contributed by atoms with Crippen molar-refractivity contribution in [3.8, 4) is 5.75 Å². The number of rotatable bonds is 6. The predicted molar refractivity (Wildman–Crippen MR) is 115 cm³/mol. The maximum absolute atomic E-state index is 12.3. The number of hydrogen-bond acceptors (Lipinski definition) is 8. The molecule has 0 aliphatic heterocycles. The van der Waals surface area contributed by atoms with Crippen molar-refractivity contribution < 1.29 is 4.74 Å². The first-order valence-electron chi connectivity index (χ1n) is 8.16. The lowest BCUT2D eigenvalue weighted by Crippen LogP contribution is -2.15. The molecule has 0 atom stereocenters. The van der Waals surface area contributed by atoms with Crippen molar-refractivity contribution in [3.05, 3.63) is 69.2 Å². The summed E-state index contributed by atoms with van der Waals surface area (Å²) < 4.78 is 8.29. The average Bonchev–Trinajstić information content (AvgIpc) is 3.15. The topological polar surface area (TPSA) is 81.4 Å². The molecule has 1 N–H and O–H groups in total. The molecule has 0 aliphatic carbocycles. The van der Waals surface area contributed by atoms with E-state index in [1.165, 1.54) is 27.5 Å². The monoisotopic (exact) mass is 475 g/mol. The lowest BCUT2D eigenvalue weighted by atomic mass is 10.3. The molecule has 7 nitrogen and oxygen atoms in total. The van der Waals surface area contributed by atoms with E-state index in [9.17, 15) is 4.79 Å². The van der Waals surface area contributed by atoms with E-state index in [1.54, 1.807) is 19.4 Å². The second kappa shape index (κ2) is 8.29. The molecule has 3 aromatic heterocycles. The van der Waals surface area contributed by atoms with E-state index in [4.69, 9.17) is 4.74 Å². The molecular formula is C18H14BrN5O2S2. The van der Waals surface area contributed by atoms with Crippen LogP contribution in [0.1, 0.15) is 5.69 Å². The zero-order chi connectivity index (χ0) is 19.5. The van der Waals surface area contributed by atoms with E-state index in [-0.39, 0.29) is 5.56 Å². The fourth-order valence-corrected chi connectivity index (χ4v) is 4.45. The Balaban J connectivity index is 1.43. The average molecular weight is 476 g/mol. The largest absolute Gasteiger partial charge is 0.497 e. The number of nitrogens with zero attached hydrogens (tertiary/aromatic N) is 4. The minimum Gasteiger partial charge on any atom is -0.497 e. The minimum absolute atomic E-state index is 0.110. The SMILES string of the molecule is COc1ccc(Nc2nnc(SCc3cc(=O)n4cc(Br)ccc4n3)s2)cc1. The number of pyridine rings is 1. The molecule has 0 bridgehead atoms. The van der Waals surface area contributed by atoms with Gasteiger partial charge in [0.25, 0.3) is 5.56 Å². The number of fused-ring (bicyclic) bond motifs is 1. The van der Waals surface area contributed by atoms with Crippen molar-refractivity contribution in [3.63, 3.8) is 0 Å². The van der Waals surface area contributed by atoms with Crippen LogP contribution in [0.25, 0.3) is 5.65 Å². The molecule has 0 fully saturated rings. The molecule has 0 saturated carbocycles. The van der Waals surface area contributed by atoms with Crippen molar-refractivity contribution in [1.29, 1.82) is 0 Å². The summed E-state index contributed by atoms with van der Waals surface area (Å²) in [6.07, 6.45) is 1.71. The smallest absolute Gasteiger partial charge is 0.258 e. The van der Waals surface area contributed by atoms with E-state index in [0.29, 0.717) is 22.2 Å². The van der Waals surface area contributed by atoms with Crippen molar-refractivity contribution >= 4 is 55.5 Å². The van der Waals surface area contributed by atoms with Crippen molar-refractivity contribution in [2.24, 2.45) is 0 Å². The summed E-state index contributed by atoms with van der Waals surface area (Å²) in [7, 11) is 1.63. The van der Waals surface area contributed by atoms with Crippen LogP contribution in [-0.4, -0.2) is 26.7 Å². The number of thioether (sulfide) groups is 1. The van der Waals surface area contributed by atoms with Crippen molar-refractivity contribution in [2.75, 3.05) is 12.4 Å². The first-order chi connectivity index (χ1) is 13.6. The van der Waals surface area contributed by atoms with Crippen LogP contribution < -0.4 is 15.6 Å². The fourth-order valence-electron chi connectivity index (χ4n) is 2.45. The molecule has 0 aliphatic rings. The number of ether oxygens (including phenoxy) is 1. The van der Waals surface area contributed by atoms with Crippen LogP contribution in [0.5, 0.6) is 5.75 Å². The van der Waals surface area contributed by atoms with E-state index in [0.717, 1.165) is 20.2 Å². The van der Waals surface area contributed by atoms with Crippen molar-refractivity contribution in [1.82, 2.24) is 19.6 Å². The minimum atomic E-state index is -0.110. The maximum Gasteiger partial charge on any atom is 0.258 e. The van der Waals surface area contributed by atoms with Gasteiger partial charge in [-0.2, -0.15) is 0 Å². The summed E-state index contributed by atoms with van der Waals surface area (Å²) in [5.74, 6) is 1.34. The number of anilines is 2. The number of halogens is 1. The summed E-state index contributed by atoms with van der Waals surface area (Å²) in [4.78, 5) is 16.8. The van der Waals surface area contributed by atoms with Gasteiger partial charge in [-0.05, 0) is 52.3 Å². The van der Waals surface area contributed by atoms with Gasteiger partial charge in [0.1, 0.15) is 11.4 Å². The molecule has 0 radical (unpaired) electrons. The van der Waals surface area contributed by atoms with Gasteiger partial charge in [-0.15, -0.1) is 10.2 Å². The molecule has 1 aromatic carbocycles. The highest BCUT2D eigenvalue weighted by molar-refractivity contribution is 9.10. The summed E-state index contributed by atoms with van der Waals surface area (Å²) >= 11 is 6.31. The molecule has 0 spiro atoms. The Kier molecular flexibility index (Phi) is 5.60. The third kappa shape index (κ3) is 4.34. The molecule has 28 heavy (non-hydrogen) atoms. The maximum atomic E-state index is 12.3. The van der Waals surface area contributed by atoms with Crippen molar-refractivity contribution in [2.45, 2.75) is 10.1 Å². The van der Waals surface area contributed by atoms with Gasteiger partial charge < -0.3 is 10.1 Å². The van der Waals surface area contributed by atoms with Crippen LogP contribution in [0.15, 0.2) is 62.3 Å². The summed E-state index contributed by atoms with van der Waals surface area (Å²) in [6.45, 7) is 0. The molecule has 4 rings (SSSR count). The van der Waals surface area contributed by atoms with Gasteiger partial charge in [-0.1, -0.05) is 23.1 Å². The molecule has 0 unspecified atom stereocenters. The van der Waals surface area contributed by atoms with Gasteiger partial charge in [0.2, 0.25) is 5.13 Å². The molecule has 3 heterocycles. The normalized spacial score (nSPS) is 10.9. The first-order valence-corrected chi connectivity index (χ1v) is 10.8.